The summed E-state index contributed by atoms with van der Waals surface area (Å²) in [5.41, 5.74) is 4.58. The van der Waals surface area contributed by atoms with Crippen LogP contribution in [0.2, 0.25) is 5.02 Å². The molecule has 0 saturated carbocycles. The molecule has 33 heavy (non-hydrogen) atoms. The molecule has 0 aliphatic carbocycles. The van der Waals surface area contributed by atoms with E-state index in [1.54, 1.807) is 62.4 Å². The Labute approximate surface area is 195 Å². The molecule has 3 N–H and O–H groups in total. The monoisotopic (exact) mass is 470 g/mol. The average molecular weight is 471 g/mol. The number of rotatable bonds is 8. The molecule has 10 heteroatoms. The molecule has 1 heterocycles. The Morgan fingerprint density at radius 1 is 1.15 bits per heavy atom. The second-order valence-electron chi connectivity index (χ2n) is 6.99. The van der Waals surface area contributed by atoms with Gasteiger partial charge in [0.15, 0.2) is 6.61 Å². The zero-order valence-corrected chi connectivity index (χ0v) is 18.8. The predicted octanol–water partition coefficient (Wildman–Crippen LogP) is 3.06. The SMILES string of the molecule is CCOC(=O)C1=C(C)NC(=O)NC1c1ccc(OCC(=O)N/N=C/c2ccc(Cl)cc2)cc1. The first kappa shape index (κ1) is 23.8. The normalized spacial score (nSPS) is 15.6. The molecule has 2 aromatic rings. The summed E-state index contributed by atoms with van der Waals surface area (Å²) in [7, 11) is 0. The van der Waals surface area contributed by atoms with E-state index in [1.807, 2.05) is 0 Å². The topological polar surface area (TPSA) is 118 Å². The summed E-state index contributed by atoms with van der Waals surface area (Å²) in [5.74, 6) is -0.504. The van der Waals surface area contributed by atoms with E-state index in [4.69, 9.17) is 21.1 Å². The van der Waals surface area contributed by atoms with E-state index in [-0.39, 0.29) is 13.2 Å². The minimum Gasteiger partial charge on any atom is -0.484 e. The van der Waals surface area contributed by atoms with Crippen molar-refractivity contribution in [1.82, 2.24) is 16.1 Å². The number of nitrogens with one attached hydrogen (secondary N) is 3. The lowest BCUT2D eigenvalue weighted by Gasteiger charge is -2.28. The van der Waals surface area contributed by atoms with Crippen molar-refractivity contribution in [3.05, 3.63) is 76.0 Å². The molecular weight excluding hydrogens is 448 g/mol. The van der Waals surface area contributed by atoms with Gasteiger partial charge in [0.05, 0.1) is 24.4 Å². The summed E-state index contributed by atoms with van der Waals surface area (Å²) in [6.07, 6.45) is 1.49. The molecule has 172 valence electrons. The number of hydrogen-bond donors (Lipinski definition) is 3. The molecule has 1 aliphatic rings. The van der Waals surface area contributed by atoms with Crippen molar-refractivity contribution in [2.45, 2.75) is 19.9 Å². The second-order valence-corrected chi connectivity index (χ2v) is 7.43. The smallest absolute Gasteiger partial charge is 0.338 e. The van der Waals surface area contributed by atoms with Crippen LogP contribution in [0.25, 0.3) is 0 Å². The van der Waals surface area contributed by atoms with Crippen molar-refractivity contribution < 1.29 is 23.9 Å². The van der Waals surface area contributed by atoms with Crippen molar-refractivity contribution in [2.24, 2.45) is 5.10 Å². The highest BCUT2D eigenvalue weighted by molar-refractivity contribution is 6.30. The van der Waals surface area contributed by atoms with Gasteiger partial charge < -0.3 is 20.1 Å². The van der Waals surface area contributed by atoms with Gasteiger partial charge in [0.2, 0.25) is 0 Å². The first-order valence-electron chi connectivity index (χ1n) is 10.1. The summed E-state index contributed by atoms with van der Waals surface area (Å²) < 4.78 is 10.6. The van der Waals surface area contributed by atoms with Crippen LogP contribution in [0.15, 0.2) is 64.9 Å². The van der Waals surface area contributed by atoms with E-state index in [2.05, 4.69) is 21.2 Å². The molecule has 0 bridgehead atoms. The molecule has 1 atom stereocenters. The number of carbonyl (C=O) groups is 3. The third-order valence-electron chi connectivity index (χ3n) is 4.62. The highest BCUT2D eigenvalue weighted by Crippen LogP contribution is 2.28. The maximum Gasteiger partial charge on any atom is 0.338 e. The third-order valence-corrected chi connectivity index (χ3v) is 4.87. The van der Waals surface area contributed by atoms with Gasteiger partial charge in [0.1, 0.15) is 5.75 Å². The van der Waals surface area contributed by atoms with Gasteiger partial charge in [-0.2, -0.15) is 5.10 Å². The standard InChI is InChI=1S/C23H23ClN4O5/c1-3-32-22(30)20-14(2)26-23(31)27-21(20)16-6-10-18(11-7-16)33-13-19(29)28-25-12-15-4-8-17(24)9-5-15/h4-12,21H,3,13H2,1-2H3,(H,28,29)(H2,26,27,31)/b25-12+. The highest BCUT2D eigenvalue weighted by atomic mass is 35.5. The van der Waals surface area contributed by atoms with Crippen LogP contribution in [-0.2, 0) is 14.3 Å². The fourth-order valence-corrected chi connectivity index (χ4v) is 3.21. The van der Waals surface area contributed by atoms with E-state index in [0.29, 0.717) is 27.6 Å². The molecule has 0 fully saturated rings. The number of amides is 3. The molecule has 2 aromatic carbocycles. The van der Waals surface area contributed by atoms with Crippen LogP contribution < -0.4 is 20.8 Å². The molecule has 1 aliphatic heterocycles. The predicted molar refractivity (Wildman–Crippen MR) is 123 cm³/mol. The highest BCUT2D eigenvalue weighted by Gasteiger charge is 2.32. The lowest BCUT2D eigenvalue weighted by Crippen LogP contribution is -2.45. The number of ether oxygens (including phenoxy) is 2. The van der Waals surface area contributed by atoms with Gasteiger partial charge in [-0.1, -0.05) is 35.9 Å². The number of nitrogens with zero attached hydrogens (tertiary/aromatic N) is 1. The van der Waals surface area contributed by atoms with Crippen LogP contribution in [0.4, 0.5) is 4.79 Å². The zero-order chi connectivity index (χ0) is 23.8. The number of carbonyl (C=O) groups excluding carboxylic acids is 3. The van der Waals surface area contributed by atoms with Crippen LogP contribution in [0.5, 0.6) is 5.75 Å². The Morgan fingerprint density at radius 2 is 1.85 bits per heavy atom. The summed E-state index contributed by atoms with van der Waals surface area (Å²) >= 11 is 5.82. The van der Waals surface area contributed by atoms with Crippen LogP contribution in [0.1, 0.15) is 31.0 Å². The lowest BCUT2D eigenvalue weighted by molar-refractivity contribution is -0.139. The molecule has 0 aromatic heterocycles. The van der Waals surface area contributed by atoms with E-state index in [0.717, 1.165) is 5.56 Å². The molecule has 3 rings (SSSR count). The number of hydrazone groups is 1. The van der Waals surface area contributed by atoms with E-state index < -0.39 is 23.9 Å². The maximum absolute atomic E-state index is 12.4. The van der Waals surface area contributed by atoms with Crippen molar-refractivity contribution in [1.29, 1.82) is 0 Å². The van der Waals surface area contributed by atoms with Crippen LogP contribution >= 0.6 is 11.6 Å². The lowest BCUT2D eigenvalue weighted by atomic mass is 9.95. The number of halogens is 1. The number of urea groups is 1. The quantitative estimate of drug-likeness (QED) is 0.311. The number of benzene rings is 2. The number of hydrogen-bond acceptors (Lipinski definition) is 6. The largest absolute Gasteiger partial charge is 0.484 e. The van der Waals surface area contributed by atoms with Gasteiger partial charge in [0.25, 0.3) is 5.91 Å². The molecular formula is C23H23ClN4O5. The van der Waals surface area contributed by atoms with Gasteiger partial charge in [-0.25, -0.2) is 15.0 Å². The van der Waals surface area contributed by atoms with Crippen LogP contribution in [0.3, 0.4) is 0 Å². The summed E-state index contributed by atoms with van der Waals surface area (Å²) in [6, 6.07) is 12.6. The van der Waals surface area contributed by atoms with Crippen molar-refractivity contribution in [2.75, 3.05) is 13.2 Å². The molecule has 0 saturated heterocycles. The first-order valence-corrected chi connectivity index (χ1v) is 10.5. The Bertz CT molecular complexity index is 1080. The summed E-state index contributed by atoms with van der Waals surface area (Å²) in [6.45, 7) is 3.33. The number of allylic oxidation sites excluding steroid dienone is 1. The molecule has 0 spiro atoms. The maximum atomic E-state index is 12.4. The van der Waals surface area contributed by atoms with E-state index >= 15 is 0 Å². The Morgan fingerprint density at radius 3 is 2.52 bits per heavy atom. The Kier molecular flexibility index (Phi) is 8.04. The van der Waals surface area contributed by atoms with Gasteiger partial charge in [-0.3, -0.25) is 4.79 Å². The van der Waals surface area contributed by atoms with E-state index in [9.17, 15) is 14.4 Å². The summed E-state index contributed by atoms with van der Waals surface area (Å²) in [5, 5.41) is 9.79. The molecule has 3 amide bonds. The number of esters is 1. The Balaban J connectivity index is 1.58. The fraction of sp³-hybridized carbons (Fsp3) is 0.217. The third kappa shape index (κ3) is 6.56. The molecule has 0 radical (unpaired) electrons. The van der Waals surface area contributed by atoms with Crippen LogP contribution in [0, 0.1) is 0 Å². The van der Waals surface area contributed by atoms with Gasteiger partial charge in [-0.05, 0) is 49.2 Å². The molecule has 1 unspecified atom stereocenters. The van der Waals surface area contributed by atoms with Crippen molar-refractivity contribution in [3.8, 4) is 5.75 Å². The van der Waals surface area contributed by atoms with E-state index in [1.165, 1.54) is 6.21 Å². The second kappa shape index (κ2) is 11.1. The first-order chi connectivity index (χ1) is 15.9. The van der Waals surface area contributed by atoms with Crippen LogP contribution in [-0.4, -0.2) is 37.3 Å². The molecule has 9 nitrogen and oxygen atoms in total. The van der Waals surface area contributed by atoms with Gasteiger partial charge in [-0.15, -0.1) is 0 Å². The fourth-order valence-electron chi connectivity index (χ4n) is 3.09. The van der Waals surface area contributed by atoms with Gasteiger partial charge in [0, 0.05) is 10.7 Å². The zero-order valence-electron chi connectivity index (χ0n) is 18.1. The summed E-state index contributed by atoms with van der Waals surface area (Å²) in [4.78, 5) is 36.2. The minimum atomic E-state index is -0.669. The Hall–Kier alpha value is -3.85. The minimum absolute atomic E-state index is 0.217. The van der Waals surface area contributed by atoms with Crippen molar-refractivity contribution in [3.63, 3.8) is 0 Å². The van der Waals surface area contributed by atoms with Crippen molar-refractivity contribution >= 4 is 35.7 Å². The van der Waals surface area contributed by atoms with Gasteiger partial charge >= 0.3 is 12.0 Å². The average Bonchev–Trinajstić information content (AvgIpc) is 2.79.